The van der Waals surface area contributed by atoms with Crippen molar-refractivity contribution in [1.29, 1.82) is 0 Å². The Morgan fingerprint density at radius 2 is 1.70 bits per heavy atom. The number of fused-ring (bicyclic) bond motifs is 1. The van der Waals surface area contributed by atoms with Crippen LogP contribution in [0.3, 0.4) is 0 Å². The zero-order valence-electron chi connectivity index (χ0n) is 19.6. The number of aliphatic hydroxyl groups is 1. The van der Waals surface area contributed by atoms with E-state index in [1.807, 2.05) is 40.1 Å². The van der Waals surface area contributed by atoms with E-state index in [9.17, 15) is 9.90 Å². The Bertz CT molecular complexity index is 1140. The molecule has 1 N–H and O–H groups in total. The van der Waals surface area contributed by atoms with Gasteiger partial charge in [0.2, 0.25) is 5.91 Å². The number of rotatable bonds is 3. The third kappa shape index (κ3) is 3.82. The van der Waals surface area contributed by atoms with E-state index in [4.69, 9.17) is 4.98 Å². The molecule has 8 heteroatoms. The summed E-state index contributed by atoms with van der Waals surface area (Å²) in [6, 6.07) is 0. The average molecular weight is 447 g/mol. The molecule has 2 fully saturated rings. The maximum absolute atomic E-state index is 13.6. The van der Waals surface area contributed by atoms with Crippen LogP contribution < -0.4 is 9.80 Å². The lowest BCUT2D eigenvalue weighted by Crippen LogP contribution is -2.43. The van der Waals surface area contributed by atoms with Crippen molar-refractivity contribution in [3.8, 4) is 0 Å². The van der Waals surface area contributed by atoms with Crippen LogP contribution in [0.1, 0.15) is 51.4 Å². The molecule has 0 spiro atoms. The second kappa shape index (κ2) is 7.73. The van der Waals surface area contributed by atoms with Gasteiger partial charge in [-0.15, -0.1) is 0 Å². The summed E-state index contributed by atoms with van der Waals surface area (Å²) in [4.78, 5) is 35.4. The first-order valence-electron chi connectivity index (χ1n) is 11.5. The van der Waals surface area contributed by atoms with E-state index in [1.165, 1.54) is 0 Å². The van der Waals surface area contributed by atoms with Crippen molar-refractivity contribution in [2.24, 2.45) is 11.3 Å². The predicted octanol–water partition coefficient (Wildman–Crippen LogP) is 3.29. The normalized spacial score (nSPS) is 23.8. The Morgan fingerprint density at radius 3 is 2.39 bits per heavy atom. The number of carbonyl (C=O) groups excluding carboxylic acids is 1. The maximum atomic E-state index is 13.6. The second-order valence-corrected chi connectivity index (χ2v) is 10.1. The summed E-state index contributed by atoms with van der Waals surface area (Å²) in [5, 5.41) is 10.3. The third-order valence-electron chi connectivity index (χ3n) is 7.23. The smallest absolute Gasteiger partial charge is 0.238 e. The lowest BCUT2D eigenvalue weighted by atomic mass is 9.75. The molecule has 5 rings (SSSR count). The summed E-state index contributed by atoms with van der Waals surface area (Å²) in [6.45, 7) is 9.16. The molecule has 1 aliphatic carbocycles. The van der Waals surface area contributed by atoms with Crippen LogP contribution in [0.2, 0.25) is 0 Å². The number of hydrogen-bond donors (Lipinski definition) is 1. The number of allylic oxidation sites excluding steroid dienone is 4. The number of aromatic nitrogens is 4. The van der Waals surface area contributed by atoms with Crippen molar-refractivity contribution in [3.63, 3.8) is 0 Å². The number of nitrogens with zero attached hydrogens (tertiary/aromatic N) is 6. The van der Waals surface area contributed by atoms with Crippen LogP contribution in [0.4, 0.5) is 11.6 Å². The topological polar surface area (TPSA) is 95.3 Å². The SMILES string of the molecule is Cc1ncc(C2=CCC3C(=C2)N(c2cncc(N4CCC(C)(O)CC4)n2)C(=O)C3(C)C)cn1. The van der Waals surface area contributed by atoms with E-state index in [-0.39, 0.29) is 11.8 Å². The Labute approximate surface area is 194 Å². The zero-order chi connectivity index (χ0) is 23.4. The first-order chi connectivity index (χ1) is 15.7. The molecule has 0 saturated carbocycles. The van der Waals surface area contributed by atoms with E-state index in [0.29, 0.717) is 31.7 Å². The summed E-state index contributed by atoms with van der Waals surface area (Å²) in [5.74, 6) is 2.09. The highest BCUT2D eigenvalue weighted by Crippen LogP contribution is 2.50. The zero-order valence-corrected chi connectivity index (χ0v) is 19.6. The van der Waals surface area contributed by atoms with Gasteiger partial charge in [-0.2, -0.15) is 0 Å². The van der Waals surface area contributed by atoms with Crippen LogP contribution in [0.25, 0.3) is 5.57 Å². The summed E-state index contributed by atoms with van der Waals surface area (Å²) in [5.41, 5.74) is 1.71. The molecule has 8 nitrogen and oxygen atoms in total. The molecule has 4 heterocycles. The van der Waals surface area contributed by atoms with Crippen LogP contribution in [0, 0.1) is 18.3 Å². The minimum absolute atomic E-state index is 0.0292. The molecule has 0 bridgehead atoms. The van der Waals surface area contributed by atoms with Crippen LogP contribution in [-0.2, 0) is 4.79 Å². The predicted molar refractivity (Wildman–Crippen MR) is 126 cm³/mol. The molecule has 2 aliphatic heterocycles. The van der Waals surface area contributed by atoms with Crippen molar-refractivity contribution in [1.82, 2.24) is 19.9 Å². The molecule has 33 heavy (non-hydrogen) atoms. The Hall–Kier alpha value is -3.13. The van der Waals surface area contributed by atoms with E-state index >= 15 is 0 Å². The molecule has 0 radical (unpaired) electrons. The molecular formula is C25H30N6O2. The van der Waals surface area contributed by atoms with Gasteiger partial charge in [0.1, 0.15) is 11.6 Å². The van der Waals surface area contributed by atoms with E-state index in [1.54, 1.807) is 17.3 Å². The molecule has 172 valence electrons. The fourth-order valence-electron chi connectivity index (χ4n) is 4.93. The molecule has 2 aromatic rings. The van der Waals surface area contributed by atoms with E-state index in [0.717, 1.165) is 34.9 Å². The van der Waals surface area contributed by atoms with Crippen LogP contribution in [-0.4, -0.2) is 49.6 Å². The summed E-state index contributed by atoms with van der Waals surface area (Å²) < 4.78 is 0. The van der Waals surface area contributed by atoms with Gasteiger partial charge in [-0.25, -0.2) is 15.0 Å². The quantitative estimate of drug-likeness (QED) is 0.773. The van der Waals surface area contributed by atoms with E-state index in [2.05, 4.69) is 32.0 Å². The van der Waals surface area contributed by atoms with Gasteiger partial charge in [0.05, 0.1) is 23.4 Å². The van der Waals surface area contributed by atoms with Crippen LogP contribution >= 0.6 is 0 Å². The van der Waals surface area contributed by atoms with Crippen molar-refractivity contribution in [2.45, 2.75) is 52.6 Å². The number of anilines is 2. The number of carbonyl (C=O) groups is 1. The van der Waals surface area contributed by atoms with Gasteiger partial charge in [-0.05, 0) is 44.8 Å². The lowest BCUT2D eigenvalue weighted by Gasteiger charge is -2.36. The molecule has 1 atom stereocenters. The van der Waals surface area contributed by atoms with Crippen molar-refractivity contribution in [3.05, 3.63) is 54.0 Å². The van der Waals surface area contributed by atoms with Gasteiger partial charge in [0.15, 0.2) is 5.82 Å². The fraction of sp³-hybridized carbons (Fsp3) is 0.480. The average Bonchev–Trinajstić information content (AvgIpc) is 2.99. The molecular weight excluding hydrogens is 416 g/mol. The molecule has 2 aromatic heterocycles. The Balaban J connectivity index is 1.50. The van der Waals surface area contributed by atoms with Crippen LogP contribution in [0.5, 0.6) is 0 Å². The Morgan fingerprint density at radius 1 is 1.03 bits per heavy atom. The minimum atomic E-state index is -0.640. The van der Waals surface area contributed by atoms with Gasteiger partial charge < -0.3 is 10.0 Å². The number of piperidine rings is 1. The maximum Gasteiger partial charge on any atom is 0.238 e. The summed E-state index contributed by atoms with van der Waals surface area (Å²) in [6.07, 6.45) is 13.4. The molecule has 2 saturated heterocycles. The summed E-state index contributed by atoms with van der Waals surface area (Å²) >= 11 is 0. The van der Waals surface area contributed by atoms with Gasteiger partial charge in [0.25, 0.3) is 0 Å². The van der Waals surface area contributed by atoms with Crippen molar-refractivity contribution in [2.75, 3.05) is 22.9 Å². The molecule has 1 unspecified atom stereocenters. The largest absolute Gasteiger partial charge is 0.390 e. The minimum Gasteiger partial charge on any atom is -0.390 e. The highest BCUT2D eigenvalue weighted by molar-refractivity contribution is 6.04. The van der Waals surface area contributed by atoms with Gasteiger partial charge in [-0.3, -0.25) is 14.7 Å². The highest BCUT2D eigenvalue weighted by Gasteiger charge is 2.52. The lowest BCUT2D eigenvalue weighted by molar-refractivity contribution is -0.125. The van der Waals surface area contributed by atoms with Crippen LogP contribution in [0.15, 0.2) is 42.6 Å². The van der Waals surface area contributed by atoms with Crippen molar-refractivity contribution < 1.29 is 9.90 Å². The van der Waals surface area contributed by atoms with E-state index < -0.39 is 11.0 Å². The molecule has 0 aromatic carbocycles. The highest BCUT2D eigenvalue weighted by atomic mass is 16.3. The monoisotopic (exact) mass is 446 g/mol. The fourth-order valence-corrected chi connectivity index (χ4v) is 4.93. The van der Waals surface area contributed by atoms with Gasteiger partial charge in [0, 0.05) is 42.7 Å². The molecule has 1 amide bonds. The number of amides is 1. The van der Waals surface area contributed by atoms with Gasteiger partial charge >= 0.3 is 0 Å². The standard InChI is InChI=1S/C25H30N6O2/c1-16-27-12-18(13-28-16)17-5-6-19-20(11-17)31(23(32)24(19,2)3)22-15-26-14-21(29-22)30-9-7-25(4,33)8-10-30/h5,11-15,19,33H,6-10H2,1-4H3. The Kier molecular flexibility index (Phi) is 5.08. The number of aryl methyl sites for hydroxylation is 1. The van der Waals surface area contributed by atoms with Crippen molar-refractivity contribution >= 4 is 23.1 Å². The van der Waals surface area contributed by atoms with Gasteiger partial charge in [-0.1, -0.05) is 19.9 Å². The first kappa shape index (κ1) is 21.7. The third-order valence-corrected chi connectivity index (χ3v) is 7.23. The molecule has 3 aliphatic rings. The second-order valence-electron chi connectivity index (χ2n) is 10.1. The summed E-state index contributed by atoms with van der Waals surface area (Å²) in [7, 11) is 0. The number of hydrogen-bond acceptors (Lipinski definition) is 7. The first-order valence-corrected chi connectivity index (χ1v) is 11.5.